The molecule has 2 aromatic rings. The van der Waals surface area contributed by atoms with E-state index in [-0.39, 0.29) is 18.9 Å². The number of benzene rings is 2. The van der Waals surface area contributed by atoms with Crippen molar-refractivity contribution in [3.8, 4) is 0 Å². The molecule has 24 heavy (non-hydrogen) atoms. The molecule has 2 rings (SSSR count). The van der Waals surface area contributed by atoms with Gasteiger partial charge < -0.3 is 15.4 Å². The predicted molar refractivity (Wildman–Crippen MR) is 95.6 cm³/mol. The number of hydrogen-bond acceptors (Lipinski definition) is 4. The molecule has 0 atom stereocenters. The van der Waals surface area contributed by atoms with Gasteiger partial charge in [0, 0.05) is 23.7 Å². The standard InChI is InChI=1S/C18H19ClN2O3/c1-2-24-18(23)15-5-3-4-6-16(15)21-17(22)11-12-20-14-9-7-13(19)8-10-14/h3-10,20H,2,11-12H2,1H3,(H,21,22). The molecular weight excluding hydrogens is 328 g/mol. The Kier molecular flexibility index (Phi) is 6.63. The molecule has 0 aliphatic heterocycles. The Morgan fingerprint density at radius 1 is 1.08 bits per heavy atom. The van der Waals surface area contributed by atoms with E-state index in [9.17, 15) is 9.59 Å². The highest BCUT2D eigenvalue weighted by molar-refractivity contribution is 6.30. The molecule has 0 aliphatic carbocycles. The molecule has 2 aromatic carbocycles. The molecule has 5 nitrogen and oxygen atoms in total. The van der Waals surface area contributed by atoms with Crippen LogP contribution in [-0.4, -0.2) is 25.0 Å². The highest BCUT2D eigenvalue weighted by atomic mass is 35.5. The molecule has 0 fully saturated rings. The quantitative estimate of drug-likeness (QED) is 0.745. The van der Waals surface area contributed by atoms with Gasteiger partial charge in [0.1, 0.15) is 0 Å². The summed E-state index contributed by atoms with van der Waals surface area (Å²) in [4.78, 5) is 23.9. The fourth-order valence-corrected chi connectivity index (χ4v) is 2.21. The molecule has 0 spiro atoms. The minimum atomic E-state index is -0.451. The fourth-order valence-electron chi connectivity index (χ4n) is 2.08. The molecule has 0 aliphatic rings. The number of carbonyl (C=O) groups is 2. The van der Waals surface area contributed by atoms with Crippen molar-refractivity contribution in [1.82, 2.24) is 0 Å². The molecule has 0 saturated heterocycles. The molecular formula is C18H19ClN2O3. The van der Waals surface area contributed by atoms with Gasteiger partial charge in [0.15, 0.2) is 0 Å². The number of anilines is 2. The van der Waals surface area contributed by atoms with Crippen molar-refractivity contribution >= 4 is 34.9 Å². The first-order chi connectivity index (χ1) is 11.6. The number of rotatable bonds is 7. The van der Waals surface area contributed by atoms with Gasteiger partial charge in [-0.1, -0.05) is 23.7 Å². The summed E-state index contributed by atoms with van der Waals surface area (Å²) in [5.74, 6) is -0.638. The molecule has 0 unspecified atom stereocenters. The lowest BCUT2D eigenvalue weighted by Gasteiger charge is -2.11. The van der Waals surface area contributed by atoms with E-state index in [1.165, 1.54) is 0 Å². The molecule has 0 aromatic heterocycles. The highest BCUT2D eigenvalue weighted by Gasteiger charge is 2.13. The zero-order chi connectivity index (χ0) is 17.4. The molecule has 0 radical (unpaired) electrons. The molecule has 2 N–H and O–H groups in total. The monoisotopic (exact) mass is 346 g/mol. The van der Waals surface area contributed by atoms with Gasteiger partial charge in [-0.05, 0) is 43.3 Å². The lowest BCUT2D eigenvalue weighted by molar-refractivity contribution is -0.115. The van der Waals surface area contributed by atoms with Crippen molar-refractivity contribution in [2.45, 2.75) is 13.3 Å². The normalized spacial score (nSPS) is 10.1. The SMILES string of the molecule is CCOC(=O)c1ccccc1NC(=O)CCNc1ccc(Cl)cc1. The van der Waals surface area contributed by atoms with E-state index in [1.54, 1.807) is 43.3 Å². The number of halogens is 1. The van der Waals surface area contributed by atoms with Crippen molar-refractivity contribution in [2.75, 3.05) is 23.8 Å². The molecule has 0 bridgehead atoms. The van der Waals surface area contributed by atoms with Gasteiger partial charge in [-0.15, -0.1) is 0 Å². The average molecular weight is 347 g/mol. The van der Waals surface area contributed by atoms with Gasteiger partial charge >= 0.3 is 5.97 Å². The van der Waals surface area contributed by atoms with Gasteiger partial charge in [0.05, 0.1) is 17.9 Å². The lowest BCUT2D eigenvalue weighted by atomic mass is 10.1. The predicted octanol–water partition coefficient (Wildman–Crippen LogP) is 3.96. The van der Waals surface area contributed by atoms with E-state index in [0.29, 0.717) is 22.8 Å². The van der Waals surface area contributed by atoms with Crippen molar-refractivity contribution in [1.29, 1.82) is 0 Å². The van der Waals surface area contributed by atoms with E-state index in [2.05, 4.69) is 10.6 Å². The van der Waals surface area contributed by atoms with Crippen molar-refractivity contribution in [3.63, 3.8) is 0 Å². The maximum absolute atomic E-state index is 12.1. The Balaban J connectivity index is 1.88. The summed E-state index contributed by atoms with van der Waals surface area (Å²) >= 11 is 5.82. The second-order valence-corrected chi connectivity index (χ2v) is 5.43. The first-order valence-corrected chi connectivity index (χ1v) is 8.03. The Bertz CT molecular complexity index is 702. The van der Waals surface area contributed by atoms with E-state index >= 15 is 0 Å². The Labute approximate surface area is 146 Å². The number of para-hydroxylation sites is 1. The molecule has 126 valence electrons. The molecule has 0 saturated carbocycles. The van der Waals surface area contributed by atoms with Crippen LogP contribution in [0.5, 0.6) is 0 Å². The van der Waals surface area contributed by atoms with Gasteiger partial charge in [-0.2, -0.15) is 0 Å². The zero-order valence-electron chi connectivity index (χ0n) is 13.3. The summed E-state index contributed by atoms with van der Waals surface area (Å²) in [6.07, 6.45) is 0.264. The molecule has 6 heteroatoms. The summed E-state index contributed by atoms with van der Waals surface area (Å²) in [5.41, 5.74) is 1.69. The smallest absolute Gasteiger partial charge is 0.340 e. The first kappa shape index (κ1) is 17.8. The second kappa shape index (κ2) is 8.93. The Hall–Kier alpha value is -2.53. The van der Waals surface area contributed by atoms with Crippen LogP contribution in [0.25, 0.3) is 0 Å². The largest absolute Gasteiger partial charge is 0.462 e. The summed E-state index contributed by atoms with van der Waals surface area (Å²) in [5, 5.41) is 6.54. The van der Waals surface area contributed by atoms with Gasteiger partial charge in [0.2, 0.25) is 5.91 Å². The zero-order valence-corrected chi connectivity index (χ0v) is 14.1. The average Bonchev–Trinajstić information content (AvgIpc) is 2.57. The molecule has 1 amide bonds. The van der Waals surface area contributed by atoms with Crippen LogP contribution in [0, 0.1) is 0 Å². The van der Waals surface area contributed by atoms with E-state index in [0.717, 1.165) is 5.69 Å². The van der Waals surface area contributed by atoms with E-state index in [1.807, 2.05) is 12.1 Å². The van der Waals surface area contributed by atoms with Crippen molar-refractivity contribution in [2.24, 2.45) is 0 Å². The summed E-state index contributed by atoms with van der Waals surface area (Å²) in [6, 6.07) is 14.0. The van der Waals surface area contributed by atoms with Gasteiger partial charge in [-0.3, -0.25) is 4.79 Å². The third-order valence-electron chi connectivity index (χ3n) is 3.22. The number of amides is 1. The maximum atomic E-state index is 12.1. The topological polar surface area (TPSA) is 67.4 Å². The maximum Gasteiger partial charge on any atom is 0.340 e. The van der Waals surface area contributed by atoms with E-state index < -0.39 is 5.97 Å². The van der Waals surface area contributed by atoms with Crippen LogP contribution in [-0.2, 0) is 9.53 Å². The van der Waals surface area contributed by atoms with Crippen LogP contribution in [0.1, 0.15) is 23.7 Å². The number of ether oxygens (including phenoxy) is 1. The minimum Gasteiger partial charge on any atom is -0.462 e. The first-order valence-electron chi connectivity index (χ1n) is 7.65. The number of nitrogens with one attached hydrogen (secondary N) is 2. The minimum absolute atomic E-state index is 0.187. The third-order valence-corrected chi connectivity index (χ3v) is 3.47. The van der Waals surface area contributed by atoms with Crippen LogP contribution < -0.4 is 10.6 Å². The van der Waals surface area contributed by atoms with Crippen LogP contribution in [0.3, 0.4) is 0 Å². The van der Waals surface area contributed by atoms with Gasteiger partial charge in [0.25, 0.3) is 0 Å². The van der Waals surface area contributed by atoms with Crippen molar-refractivity contribution < 1.29 is 14.3 Å². The van der Waals surface area contributed by atoms with E-state index in [4.69, 9.17) is 16.3 Å². The fraction of sp³-hybridized carbons (Fsp3) is 0.222. The Morgan fingerprint density at radius 2 is 1.79 bits per heavy atom. The summed E-state index contributed by atoms with van der Waals surface area (Å²) in [7, 11) is 0. The van der Waals surface area contributed by atoms with Crippen LogP contribution in [0.4, 0.5) is 11.4 Å². The molecule has 0 heterocycles. The highest BCUT2D eigenvalue weighted by Crippen LogP contribution is 2.17. The summed E-state index contributed by atoms with van der Waals surface area (Å²) < 4.78 is 4.99. The lowest BCUT2D eigenvalue weighted by Crippen LogP contribution is -2.18. The van der Waals surface area contributed by atoms with Crippen LogP contribution >= 0.6 is 11.6 Å². The third kappa shape index (κ3) is 5.28. The van der Waals surface area contributed by atoms with Crippen molar-refractivity contribution in [3.05, 3.63) is 59.1 Å². The number of esters is 1. The van der Waals surface area contributed by atoms with Crippen LogP contribution in [0.15, 0.2) is 48.5 Å². The van der Waals surface area contributed by atoms with Crippen LogP contribution in [0.2, 0.25) is 5.02 Å². The number of hydrogen-bond donors (Lipinski definition) is 2. The number of carbonyl (C=O) groups excluding carboxylic acids is 2. The Morgan fingerprint density at radius 3 is 2.50 bits per heavy atom. The second-order valence-electron chi connectivity index (χ2n) is 5.00. The summed E-state index contributed by atoms with van der Waals surface area (Å²) in [6.45, 7) is 2.49. The van der Waals surface area contributed by atoms with Gasteiger partial charge in [-0.25, -0.2) is 4.79 Å².